The molecular weight excluding hydrogens is 282 g/mol. The molecule has 0 aromatic carbocycles. The van der Waals surface area contributed by atoms with Gasteiger partial charge in [-0.15, -0.1) is 0 Å². The van der Waals surface area contributed by atoms with Crippen molar-refractivity contribution in [1.82, 2.24) is 14.7 Å². The minimum absolute atomic E-state index is 0.229. The summed E-state index contributed by atoms with van der Waals surface area (Å²) in [5.41, 5.74) is 0. The van der Waals surface area contributed by atoms with E-state index in [0.717, 1.165) is 45.8 Å². The lowest BCUT2D eigenvalue weighted by atomic mass is 9.98. The van der Waals surface area contributed by atoms with E-state index in [-0.39, 0.29) is 12.0 Å². The first-order valence-corrected chi connectivity index (χ1v) is 8.35. The number of likely N-dealkylation sites (tertiary alicyclic amines) is 1. The lowest BCUT2D eigenvalue weighted by molar-refractivity contribution is -0.144. The van der Waals surface area contributed by atoms with E-state index in [1.807, 2.05) is 11.9 Å². The van der Waals surface area contributed by atoms with E-state index in [1.54, 1.807) is 7.11 Å². The summed E-state index contributed by atoms with van der Waals surface area (Å²) in [5, 5.41) is 0. The van der Waals surface area contributed by atoms with Crippen LogP contribution in [0, 0.1) is 0 Å². The third-order valence-electron chi connectivity index (χ3n) is 4.90. The maximum atomic E-state index is 12.5. The Labute approximate surface area is 134 Å². The summed E-state index contributed by atoms with van der Waals surface area (Å²) in [4.78, 5) is 19.0. The number of nitrogens with zero attached hydrogens (tertiary/aromatic N) is 3. The van der Waals surface area contributed by atoms with Crippen LogP contribution in [0.4, 0.5) is 0 Å². The number of ether oxygens (including phenoxy) is 2. The van der Waals surface area contributed by atoms with Crippen molar-refractivity contribution in [1.29, 1.82) is 0 Å². The van der Waals surface area contributed by atoms with Crippen LogP contribution in [0.3, 0.4) is 0 Å². The van der Waals surface area contributed by atoms with Gasteiger partial charge in [0.25, 0.3) is 0 Å². The molecular formula is C16H31N3O3. The van der Waals surface area contributed by atoms with Crippen molar-refractivity contribution < 1.29 is 14.3 Å². The highest BCUT2D eigenvalue weighted by atomic mass is 16.5. The molecule has 0 saturated carbocycles. The Morgan fingerprint density at radius 3 is 2.86 bits per heavy atom. The van der Waals surface area contributed by atoms with Gasteiger partial charge in [-0.1, -0.05) is 0 Å². The molecule has 1 amide bonds. The number of methoxy groups -OCH3 is 1. The number of likely N-dealkylation sites (N-methyl/N-ethyl adjacent to an activating group) is 1. The van der Waals surface area contributed by atoms with Gasteiger partial charge in [-0.2, -0.15) is 0 Å². The maximum absolute atomic E-state index is 12.5. The monoisotopic (exact) mass is 313 g/mol. The van der Waals surface area contributed by atoms with Crippen molar-refractivity contribution in [2.24, 2.45) is 0 Å². The van der Waals surface area contributed by atoms with Gasteiger partial charge in [0.05, 0.1) is 31.9 Å². The molecule has 128 valence electrons. The van der Waals surface area contributed by atoms with Gasteiger partial charge in [0.15, 0.2) is 0 Å². The van der Waals surface area contributed by atoms with Gasteiger partial charge >= 0.3 is 0 Å². The number of amides is 1. The molecule has 2 aliphatic heterocycles. The summed E-state index contributed by atoms with van der Waals surface area (Å²) < 4.78 is 11.1. The minimum atomic E-state index is 0.229. The SMILES string of the molecule is COCCN1CCO[C@H]2CCN(C(=O)CN(C)C(C)C)C[C@@H]21. The lowest BCUT2D eigenvalue weighted by Crippen LogP contribution is -2.61. The van der Waals surface area contributed by atoms with E-state index in [9.17, 15) is 4.79 Å². The first-order valence-electron chi connectivity index (χ1n) is 8.35. The Morgan fingerprint density at radius 2 is 2.18 bits per heavy atom. The van der Waals surface area contributed by atoms with E-state index in [1.165, 1.54) is 0 Å². The third-order valence-corrected chi connectivity index (χ3v) is 4.90. The van der Waals surface area contributed by atoms with Gasteiger partial charge in [-0.3, -0.25) is 14.6 Å². The van der Waals surface area contributed by atoms with Crippen molar-refractivity contribution in [3.05, 3.63) is 0 Å². The average Bonchev–Trinajstić information content (AvgIpc) is 2.52. The number of rotatable bonds is 6. The van der Waals surface area contributed by atoms with E-state index >= 15 is 0 Å². The summed E-state index contributed by atoms with van der Waals surface area (Å²) in [5.74, 6) is 0.229. The van der Waals surface area contributed by atoms with E-state index < -0.39 is 0 Å². The summed E-state index contributed by atoms with van der Waals surface area (Å²) in [7, 11) is 3.74. The number of fused-ring (bicyclic) bond motifs is 1. The molecule has 0 bridgehead atoms. The van der Waals surface area contributed by atoms with Crippen LogP contribution in [0.1, 0.15) is 20.3 Å². The smallest absolute Gasteiger partial charge is 0.236 e. The second-order valence-corrected chi connectivity index (χ2v) is 6.64. The molecule has 0 spiro atoms. The third kappa shape index (κ3) is 4.41. The Bertz CT molecular complexity index is 365. The maximum Gasteiger partial charge on any atom is 0.236 e. The highest BCUT2D eigenvalue weighted by Gasteiger charge is 2.38. The van der Waals surface area contributed by atoms with Crippen LogP contribution in [0.5, 0.6) is 0 Å². The zero-order chi connectivity index (χ0) is 16.1. The van der Waals surface area contributed by atoms with Crippen molar-refractivity contribution >= 4 is 5.91 Å². The average molecular weight is 313 g/mol. The highest BCUT2D eigenvalue weighted by molar-refractivity contribution is 5.78. The van der Waals surface area contributed by atoms with Crippen molar-refractivity contribution in [3.8, 4) is 0 Å². The Balaban J connectivity index is 1.92. The highest BCUT2D eigenvalue weighted by Crippen LogP contribution is 2.23. The van der Waals surface area contributed by atoms with Crippen LogP contribution < -0.4 is 0 Å². The van der Waals surface area contributed by atoms with E-state index in [0.29, 0.717) is 18.6 Å². The molecule has 0 aromatic heterocycles. The van der Waals surface area contributed by atoms with Crippen LogP contribution in [-0.2, 0) is 14.3 Å². The first-order chi connectivity index (χ1) is 10.5. The van der Waals surface area contributed by atoms with E-state index in [2.05, 4.69) is 23.6 Å². The fourth-order valence-electron chi connectivity index (χ4n) is 3.15. The number of hydrogen-bond acceptors (Lipinski definition) is 5. The molecule has 0 radical (unpaired) electrons. The van der Waals surface area contributed by atoms with Crippen molar-refractivity contribution in [2.45, 2.75) is 38.5 Å². The second kappa shape index (κ2) is 8.24. The van der Waals surface area contributed by atoms with E-state index in [4.69, 9.17) is 9.47 Å². The molecule has 2 heterocycles. The normalized spacial score (nSPS) is 26.5. The predicted octanol–water partition coefficient (Wildman–Crippen LogP) is 0.275. The quantitative estimate of drug-likeness (QED) is 0.705. The van der Waals surface area contributed by atoms with Crippen LogP contribution >= 0.6 is 0 Å². The van der Waals surface area contributed by atoms with Gasteiger partial charge in [0.1, 0.15) is 0 Å². The summed E-state index contributed by atoms with van der Waals surface area (Å²) in [6.45, 7) is 9.66. The molecule has 0 unspecified atom stereocenters. The largest absolute Gasteiger partial charge is 0.383 e. The zero-order valence-electron chi connectivity index (χ0n) is 14.5. The van der Waals surface area contributed by atoms with Crippen LogP contribution in [0.25, 0.3) is 0 Å². The first kappa shape index (κ1) is 17.7. The standard InChI is InChI=1S/C16H31N3O3/c1-13(2)17(3)12-16(20)19-6-5-15-14(11-19)18(7-9-21-4)8-10-22-15/h13-15H,5-12H2,1-4H3/t14-,15-/m0/s1. The van der Waals surface area contributed by atoms with Gasteiger partial charge in [-0.05, 0) is 27.3 Å². The Kier molecular flexibility index (Phi) is 6.62. The minimum Gasteiger partial charge on any atom is -0.383 e. The Morgan fingerprint density at radius 1 is 1.41 bits per heavy atom. The molecule has 2 rings (SSSR count). The molecule has 0 aliphatic carbocycles. The number of morpholine rings is 1. The topological polar surface area (TPSA) is 45.3 Å². The fourth-order valence-corrected chi connectivity index (χ4v) is 3.15. The van der Waals surface area contributed by atoms with Crippen LogP contribution in [0.15, 0.2) is 0 Å². The summed E-state index contributed by atoms with van der Waals surface area (Å²) in [6, 6.07) is 0.698. The zero-order valence-corrected chi connectivity index (χ0v) is 14.5. The molecule has 0 N–H and O–H groups in total. The second-order valence-electron chi connectivity index (χ2n) is 6.64. The molecule has 6 heteroatoms. The van der Waals surface area contributed by atoms with Gasteiger partial charge in [-0.25, -0.2) is 0 Å². The number of carbonyl (C=O) groups excluding carboxylic acids is 1. The van der Waals surface area contributed by atoms with Crippen LogP contribution in [-0.4, -0.2) is 98.9 Å². The van der Waals surface area contributed by atoms with Crippen molar-refractivity contribution in [3.63, 3.8) is 0 Å². The molecule has 2 aliphatic rings. The molecule has 22 heavy (non-hydrogen) atoms. The Hall–Kier alpha value is -0.690. The van der Waals surface area contributed by atoms with Crippen molar-refractivity contribution in [2.75, 3.05) is 60.1 Å². The van der Waals surface area contributed by atoms with Gasteiger partial charge in [0, 0.05) is 39.3 Å². The number of carbonyl (C=O) groups is 1. The van der Waals surface area contributed by atoms with Gasteiger partial charge < -0.3 is 14.4 Å². The number of hydrogen-bond donors (Lipinski definition) is 0. The molecule has 2 saturated heterocycles. The summed E-state index contributed by atoms with van der Waals surface area (Å²) >= 11 is 0. The molecule has 0 aromatic rings. The fraction of sp³-hybridized carbons (Fsp3) is 0.938. The lowest BCUT2D eigenvalue weighted by Gasteiger charge is -2.47. The van der Waals surface area contributed by atoms with Crippen LogP contribution in [0.2, 0.25) is 0 Å². The number of piperidine rings is 1. The molecule has 6 nitrogen and oxygen atoms in total. The molecule has 2 atom stereocenters. The summed E-state index contributed by atoms with van der Waals surface area (Å²) in [6.07, 6.45) is 1.20. The molecule has 2 fully saturated rings. The predicted molar refractivity (Wildman–Crippen MR) is 85.9 cm³/mol. The van der Waals surface area contributed by atoms with Gasteiger partial charge in [0.2, 0.25) is 5.91 Å².